The number of hydrogen-bond donors (Lipinski definition) is 1. The zero-order valence-electron chi connectivity index (χ0n) is 12.8. The number of nitrogens with one attached hydrogen (secondary N) is 1. The zero-order valence-corrected chi connectivity index (χ0v) is 13.6. The summed E-state index contributed by atoms with van der Waals surface area (Å²) in [5.74, 6) is 0.258. The quantitative estimate of drug-likeness (QED) is 0.926. The molecule has 1 aliphatic heterocycles. The van der Waals surface area contributed by atoms with Crippen molar-refractivity contribution < 1.29 is 4.79 Å². The van der Waals surface area contributed by atoms with E-state index in [-0.39, 0.29) is 16.7 Å². The molecule has 1 fully saturated rings. The Hall–Kier alpha value is -1.00. The van der Waals surface area contributed by atoms with Crippen LogP contribution in [0.1, 0.15) is 32.8 Å². The van der Waals surface area contributed by atoms with Crippen LogP contribution in [0, 0.1) is 0 Å². The Bertz CT molecular complexity index is 464. The van der Waals surface area contributed by atoms with Gasteiger partial charge in [-0.25, -0.2) is 0 Å². The molecule has 1 amide bonds. The Labute approximate surface area is 126 Å². The van der Waals surface area contributed by atoms with Gasteiger partial charge in [0, 0.05) is 30.6 Å². The summed E-state index contributed by atoms with van der Waals surface area (Å²) < 4.78 is 0. The molecule has 1 heterocycles. The molecule has 1 N–H and O–H groups in total. The van der Waals surface area contributed by atoms with Gasteiger partial charge in [0.2, 0.25) is 5.91 Å². The number of likely N-dealkylation sites (tertiary alicyclic amines) is 1. The van der Waals surface area contributed by atoms with E-state index in [9.17, 15) is 4.79 Å². The highest BCUT2D eigenvalue weighted by Gasteiger charge is 2.29. The second-order valence-corrected chi connectivity index (χ2v) is 7.68. The fraction of sp³-hybridized carbons (Fsp3) is 0.562. The van der Waals surface area contributed by atoms with Crippen LogP contribution in [-0.2, 0) is 11.3 Å². The van der Waals surface area contributed by atoms with Gasteiger partial charge >= 0.3 is 0 Å². The van der Waals surface area contributed by atoms with Crippen LogP contribution in [0.4, 0.5) is 0 Å². The Kier molecular flexibility index (Phi) is 4.76. The van der Waals surface area contributed by atoms with Crippen molar-refractivity contribution in [3.8, 4) is 0 Å². The SMILES string of the molecule is CN1CCC(Sc2ccc(CNC(C)(C)C)cc2)C1=O. The average Bonchev–Trinajstić information content (AvgIpc) is 2.69. The molecule has 0 bridgehead atoms. The lowest BCUT2D eigenvalue weighted by atomic mass is 10.1. The number of thioether (sulfide) groups is 1. The molecule has 1 aromatic rings. The fourth-order valence-corrected chi connectivity index (χ4v) is 3.24. The molecule has 110 valence electrons. The van der Waals surface area contributed by atoms with E-state index in [0.717, 1.165) is 19.5 Å². The minimum absolute atomic E-state index is 0.0959. The summed E-state index contributed by atoms with van der Waals surface area (Å²) in [7, 11) is 1.88. The van der Waals surface area contributed by atoms with E-state index < -0.39 is 0 Å². The normalized spacial score (nSPS) is 19.7. The molecule has 0 saturated carbocycles. The summed E-state index contributed by atoms with van der Waals surface area (Å²) in [6.07, 6.45) is 0.952. The molecule has 3 nitrogen and oxygen atoms in total. The summed E-state index contributed by atoms with van der Waals surface area (Å²) in [5.41, 5.74) is 1.41. The van der Waals surface area contributed by atoms with Crippen molar-refractivity contribution in [3.05, 3.63) is 29.8 Å². The first-order chi connectivity index (χ1) is 9.35. The molecule has 2 rings (SSSR count). The monoisotopic (exact) mass is 292 g/mol. The number of nitrogens with zero attached hydrogens (tertiary/aromatic N) is 1. The predicted octanol–water partition coefficient (Wildman–Crippen LogP) is 2.90. The first-order valence-corrected chi connectivity index (χ1v) is 7.99. The number of amides is 1. The Morgan fingerprint density at radius 1 is 1.30 bits per heavy atom. The molecule has 1 aromatic carbocycles. The maximum absolute atomic E-state index is 11.9. The van der Waals surface area contributed by atoms with Gasteiger partial charge < -0.3 is 10.2 Å². The molecule has 1 aliphatic rings. The maximum Gasteiger partial charge on any atom is 0.235 e. The van der Waals surface area contributed by atoms with E-state index in [1.807, 2.05) is 11.9 Å². The molecule has 1 atom stereocenters. The van der Waals surface area contributed by atoms with Gasteiger partial charge in [0.1, 0.15) is 0 Å². The van der Waals surface area contributed by atoms with Crippen LogP contribution >= 0.6 is 11.8 Å². The molecule has 0 spiro atoms. The highest BCUT2D eigenvalue weighted by Crippen LogP contribution is 2.30. The fourth-order valence-electron chi connectivity index (χ4n) is 2.12. The maximum atomic E-state index is 11.9. The third-order valence-corrected chi connectivity index (χ3v) is 4.67. The van der Waals surface area contributed by atoms with E-state index in [0.29, 0.717) is 0 Å². The summed E-state index contributed by atoms with van der Waals surface area (Å²) >= 11 is 1.68. The van der Waals surface area contributed by atoms with Crippen LogP contribution in [0.25, 0.3) is 0 Å². The van der Waals surface area contributed by atoms with Gasteiger partial charge in [-0.05, 0) is 44.9 Å². The minimum atomic E-state index is 0.0959. The van der Waals surface area contributed by atoms with Crippen molar-refractivity contribution in [2.24, 2.45) is 0 Å². The van der Waals surface area contributed by atoms with Crippen LogP contribution < -0.4 is 5.32 Å². The highest BCUT2D eigenvalue weighted by molar-refractivity contribution is 8.00. The second-order valence-electron chi connectivity index (χ2n) is 6.40. The van der Waals surface area contributed by atoms with Crippen molar-refractivity contribution in [3.63, 3.8) is 0 Å². The van der Waals surface area contributed by atoms with Gasteiger partial charge in [-0.15, -0.1) is 11.8 Å². The Morgan fingerprint density at radius 2 is 1.95 bits per heavy atom. The van der Waals surface area contributed by atoms with Crippen LogP contribution in [0.15, 0.2) is 29.2 Å². The third kappa shape index (κ3) is 4.25. The van der Waals surface area contributed by atoms with E-state index in [1.54, 1.807) is 11.8 Å². The van der Waals surface area contributed by atoms with E-state index in [1.165, 1.54) is 10.5 Å². The van der Waals surface area contributed by atoms with Crippen molar-refractivity contribution in [2.45, 2.75) is 49.4 Å². The van der Waals surface area contributed by atoms with Gasteiger partial charge in [0.25, 0.3) is 0 Å². The predicted molar refractivity (Wildman–Crippen MR) is 84.9 cm³/mol. The number of benzene rings is 1. The molecular formula is C16H24N2OS. The van der Waals surface area contributed by atoms with Crippen molar-refractivity contribution in [2.75, 3.05) is 13.6 Å². The van der Waals surface area contributed by atoms with Crippen LogP contribution in [0.3, 0.4) is 0 Å². The standard InChI is InChI=1S/C16H24N2OS/c1-16(2,3)17-11-12-5-7-13(8-6-12)20-14-9-10-18(4)15(14)19/h5-8,14,17H,9-11H2,1-4H3. The Morgan fingerprint density at radius 3 is 2.45 bits per heavy atom. The average molecular weight is 292 g/mol. The first-order valence-electron chi connectivity index (χ1n) is 7.11. The molecule has 4 heteroatoms. The van der Waals surface area contributed by atoms with Crippen molar-refractivity contribution >= 4 is 17.7 Å². The number of hydrogen-bond acceptors (Lipinski definition) is 3. The van der Waals surface area contributed by atoms with E-state index in [4.69, 9.17) is 0 Å². The Balaban J connectivity index is 1.90. The van der Waals surface area contributed by atoms with Gasteiger partial charge in [-0.2, -0.15) is 0 Å². The first kappa shape index (κ1) is 15.4. The van der Waals surface area contributed by atoms with Gasteiger partial charge in [-0.1, -0.05) is 12.1 Å². The smallest absolute Gasteiger partial charge is 0.235 e. The lowest BCUT2D eigenvalue weighted by molar-refractivity contribution is -0.126. The zero-order chi connectivity index (χ0) is 14.8. The van der Waals surface area contributed by atoms with Gasteiger partial charge in [-0.3, -0.25) is 4.79 Å². The lowest BCUT2D eigenvalue weighted by Gasteiger charge is -2.20. The summed E-state index contributed by atoms with van der Waals surface area (Å²) in [6, 6.07) is 8.53. The van der Waals surface area contributed by atoms with Crippen LogP contribution in [-0.4, -0.2) is 35.2 Å². The largest absolute Gasteiger partial charge is 0.345 e. The molecule has 20 heavy (non-hydrogen) atoms. The molecule has 1 saturated heterocycles. The lowest BCUT2D eigenvalue weighted by Crippen LogP contribution is -2.35. The van der Waals surface area contributed by atoms with Gasteiger partial charge in [0.15, 0.2) is 0 Å². The molecule has 0 aliphatic carbocycles. The summed E-state index contributed by atoms with van der Waals surface area (Å²) in [6.45, 7) is 8.25. The van der Waals surface area contributed by atoms with E-state index in [2.05, 4.69) is 50.4 Å². The van der Waals surface area contributed by atoms with Crippen LogP contribution in [0.5, 0.6) is 0 Å². The molecule has 0 radical (unpaired) electrons. The summed E-state index contributed by atoms with van der Waals surface area (Å²) in [5, 5.41) is 3.57. The number of rotatable bonds is 4. The van der Waals surface area contributed by atoms with Crippen molar-refractivity contribution in [1.29, 1.82) is 0 Å². The highest BCUT2D eigenvalue weighted by atomic mass is 32.2. The molecular weight excluding hydrogens is 268 g/mol. The molecule has 1 unspecified atom stereocenters. The third-order valence-electron chi connectivity index (χ3n) is 3.40. The second kappa shape index (κ2) is 6.19. The van der Waals surface area contributed by atoms with Crippen molar-refractivity contribution in [1.82, 2.24) is 10.2 Å². The summed E-state index contributed by atoms with van der Waals surface area (Å²) in [4.78, 5) is 14.9. The van der Waals surface area contributed by atoms with E-state index >= 15 is 0 Å². The number of carbonyl (C=O) groups excluding carboxylic acids is 1. The van der Waals surface area contributed by atoms with Crippen LogP contribution in [0.2, 0.25) is 0 Å². The molecule has 0 aromatic heterocycles. The number of carbonyl (C=O) groups is 1. The van der Waals surface area contributed by atoms with Gasteiger partial charge in [0.05, 0.1) is 5.25 Å². The minimum Gasteiger partial charge on any atom is -0.345 e. The topological polar surface area (TPSA) is 32.3 Å².